The van der Waals surface area contributed by atoms with E-state index in [2.05, 4.69) is 10.6 Å². The molecule has 0 saturated carbocycles. The smallest absolute Gasteiger partial charge is 0.239 e. The molecule has 0 rings (SSSR count). The lowest BCUT2D eigenvalue weighted by Gasteiger charge is -2.14. The molecular weight excluding hydrogens is 196 g/mol. The molecule has 5 nitrogen and oxygen atoms in total. The Morgan fingerprint density at radius 2 is 1.93 bits per heavy atom. The van der Waals surface area contributed by atoms with Crippen molar-refractivity contribution in [2.75, 3.05) is 6.54 Å². The highest BCUT2D eigenvalue weighted by Crippen LogP contribution is 2.02. The molecule has 0 aromatic heterocycles. The van der Waals surface area contributed by atoms with E-state index in [1.54, 1.807) is 0 Å². The molecule has 0 bridgehead atoms. The minimum Gasteiger partial charge on any atom is -0.347 e. The SMILES string of the molecule is CC(=O)NCC(=O)N[C@H](C=O)CC(C)C. The highest BCUT2D eigenvalue weighted by atomic mass is 16.2. The average Bonchev–Trinajstić information content (AvgIpc) is 2.13. The number of amides is 2. The summed E-state index contributed by atoms with van der Waals surface area (Å²) in [5.74, 6) is -0.277. The first-order valence-corrected chi connectivity index (χ1v) is 4.94. The highest BCUT2D eigenvalue weighted by Gasteiger charge is 2.12. The first-order chi connectivity index (χ1) is 6.95. The maximum absolute atomic E-state index is 11.2. The average molecular weight is 214 g/mol. The van der Waals surface area contributed by atoms with Gasteiger partial charge in [-0.25, -0.2) is 0 Å². The topological polar surface area (TPSA) is 75.3 Å². The monoisotopic (exact) mass is 214 g/mol. The lowest BCUT2D eigenvalue weighted by molar-refractivity contribution is -0.126. The molecule has 0 fully saturated rings. The lowest BCUT2D eigenvalue weighted by Crippen LogP contribution is -2.42. The third kappa shape index (κ3) is 7.66. The fraction of sp³-hybridized carbons (Fsp3) is 0.700. The van der Waals surface area contributed by atoms with E-state index in [1.165, 1.54) is 6.92 Å². The second-order valence-electron chi connectivity index (χ2n) is 3.85. The maximum Gasteiger partial charge on any atom is 0.239 e. The van der Waals surface area contributed by atoms with Crippen LogP contribution in [0.25, 0.3) is 0 Å². The number of aldehydes is 1. The molecule has 2 amide bonds. The van der Waals surface area contributed by atoms with Crippen LogP contribution >= 0.6 is 0 Å². The van der Waals surface area contributed by atoms with Crippen LogP contribution in [-0.4, -0.2) is 30.7 Å². The zero-order valence-corrected chi connectivity index (χ0v) is 9.37. The first kappa shape index (κ1) is 13.6. The zero-order valence-electron chi connectivity index (χ0n) is 9.37. The molecule has 0 spiro atoms. The number of carbonyl (C=O) groups excluding carboxylic acids is 3. The van der Waals surface area contributed by atoms with Crippen LogP contribution in [-0.2, 0) is 14.4 Å². The van der Waals surface area contributed by atoms with Gasteiger partial charge >= 0.3 is 0 Å². The molecule has 0 aliphatic carbocycles. The van der Waals surface area contributed by atoms with E-state index in [1.807, 2.05) is 13.8 Å². The summed E-state index contributed by atoms with van der Waals surface area (Å²) in [6, 6.07) is -0.466. The molecule has 0 aromatic carbocycles. The van der Waals surface area contributed by atoms with Gasteiger partial charge in [-0.15, -0.1) is 0 Å². The molecule has 0 radical (unpaired) electrons. The van der Waals surface area contributed by atoms with Crippen molar-refractivity contribution in [3.8, 4) is 0 Å². The summed E-state index contributed by atoms with van der Waals surface area (Å²) in [4.78, 5) is 32.3. The van der Waals surface area contributed by atoms with Gasteiger partial charge in [-0.3, -0.25) is 9.59 Å². The van der Waals surface area contributed by atoms with Crippen LogP contribution in [0.2, 0.25) is 0 Å². The van der Waals surface area contributed by atoms with Crippen molar-refractivity contribution in [3.05, 3.63) is 0 Å². The van der Waals surface area contributed by atoms with E-state index in [-0.39, 0.29) is 18.4 Å². The van der Waals surface area contributed by atoms with Gasteiger partial charge in [0.05, 0.1) is 12.6 Å². The molecule has 15 heavy (non-hydrogen) atoms. The number of rotatable bonds is 6. The molecule has 0 unspecified atom stereocenters. The minimum atomic E-state index is -0.466. The molecular formula is C10H18N2O3. The number of hydrogen-bond acceptors (Lipinski definition) is 3. The highest BCUT2D eigenvalue weighted by molar-refractivity contribution is 5.85. The zero-order chi connectivity index (χ0) is 11.8. The minimum absolute atomic E-state index is 0.0855. The largest absolute Gasteiger partial charge is 0.347 e. The van der Waals surface area contributed by atoms with E-state index in [0.29, 0.717) is 18.6 Å². The summed E-state index contributed by atoms with van der Waals surface area (Å²) < 4.78 is 0. The summed E-state index contributed by atoms with van der Waals surface area (Å²) in [7, 11) is 0. The van der Waals surface area contributed by atoms with Crippen molar-refractivity contribution in [2.45, 2.75) is 33.2 Å². The van der Waals surface area contributed by atoms with E-state index in [9.17, 15) is 14.4 Å². The quantitative estimate of drug-likeness (QED) is 0.604. The Labute approximate surface area is 89.6 Å². The Bertz CT molecular complexity index is 239. The van der Waals surface area contributed by atoms with E-state index < -0.39 is 6.04 Å². The van der Waals surface area contributed by atoms with Crippen molar-refractivity contribution in [3.63, 3.8) is 0 Å². The van der Waals surface area contributed by atoms with Crippen LogP contribution in [0.15, 0.2) is 0 Å². The van der Waals surface area contributed by atoms with Gasteiger partial charge in [0.15, 0.2) is 0 Å². The van der Waals surface area contributed by atoms with Crippen LogP contribution in [0.1, 0.15) is 27.2 Å². The van der Waals surface area contributed by atoms with Crippen molar-refractivity contribution in [2.24, 2.45) is 5.92 Å². The second kappa shape index (κ2) is 6.98. The molecule has 1 atom stereocenters. The van der Waals surface area contributed by atoms with Gasteiger partial charge in [0.1, 0.15) is 6.29 Å². The van der Waals surface area contributed by atoms with E-state index in [0.717, 1.165) is 0 Å². The Kier molecular flexibility index (Phi) is 6.33. The molecule has 0 saturated heterocycles. The molecule has 0 aliphatic rings. The number of carbonyl (C=O) groups is 3. The third-order valence-electron chi connectivity index (χ3n) is 1.73. The molecule has 86 valence electrons. The Balaban J connectivity index is 3.90. The van der Waals surface area contributed by atoms with Crippen LogP contribution in [0.5, 0.6) is 0 Å². The standard InChI is InChI=1S/C10H18N2O3/c1-7(2)4-9(6-13)12-10(15)5-11-8(3)14/h6-7,9H,4-5H2,1-3H3,(H,11,14)(H,12,15)/t9-/m0/s1. The predicted molar refractivity (Wildman–Crippen MR) is 56.1 cm³/mol. The molecule has 5 heteroatoms. The summed E-state index contributed by atoms with van der Waals surface area (Å²) in [5.41, 5.74) is 0. The summed E-state index contributed by atoms with van der Waals surface area (Å²) >= 11 is 0. The van der Waals surface area contributed by atoms with Gasteiger partial charge in [-0.2, -0.15) is 0 Å². The Morgan fingerprint density at radius 3 is 2.33 bits per heavy atom. The Hall–Kier alpha value is -1.39. The maximum atomic E-state index is 11.2. The van der Waals surface area contributed by atoms with Gasteiger partial charge in [0.2, 0.25) is 11.8 Å². The second-order valence-corrected chi connectivity index (χ2v) is 3.85. The third-order valence-corrected chi connectivity index (χ3v) is 1.73. The van der Waals surface area contributed by atoms with Crippen molar-refractivity contribution < 1.29 is 14.4 Å². The molecule has 0 aromatic rings. The van der Waals surface area contributed by atoms with Gasteiger partial charge in [-0.05, 0) is 12.3 Å². The predicted octanol–water partition coefficient (Wildman–Crippen LogP) is -0.148. The molecule has 0 heterocycles. The first-order valence-electron chi connectivity index (χ1n) is 4.94. The molecule has 2 N–H and O–H groups in total. The fourth-order valence-electron chi connectivity index (χ4n) is 1.12. The summed E-state index contributed by atoms with van der Waals surface area (Å²) in [5, 5.41) is 4.89. The van der Waals surface area contributed by atoms with Crippen molar-refractivity contribution in [1.29, 1.82) is 0 Å². The van der Waals surface area contributed by atoms with E-state index >= 15 is 0 Å². The van der Waals surface area contributed by atoms with Gasteiger partial charge in [0, 0.05) is 6.92 Å². The van der Waals surface area contributed by atoms with Gasteiger partial charge in [-0.1, -0.05) is 13.8 Å². The molecule has 0 aliphatic heterocycles. The van der Waals surface area contributed by atoms with Gasteiger partial charge in [0.25, 0.3) is 0 Å². The normalized spacial score (nSPS) is 12.0. The number of nitrogens with one attached hydrogen (secondary N) is 2. The Morgan fingerprint density at radius 1 is 1.33 bits per heavy atom. The summed E-state index contributed by atoms with van der Waals surface area (Å²) in [6.45, 7) is 5.18. The van der Waals surface area contributed by atoms with Crippen LogP contribution in [0.3, 0.4) is 0 Å². The van der Waals surface area contributed by atoms with Crippen molar-refractivity contribution in [1.82, 2.24) is 10.6 Å². The van der Waals surface area contributed by atoms with E-state index in [4.69, 9.17) is 0 Å². The lowest BCUT2D eigenvalue weighted by atomic mass is 10.1. The number of hydrogen-bond donors (Lipinski definition) is 2. The summed E-state index contributed by atoms with van der Waals surface area (Å²) in [6.07, 6.45) is 1.32. The van der Waals surface area contributed by atoms with Crippen LogP contribution < -0.4 is 10.6 Å². The van der Waals surface area contributed by atoms with Gasteiger partial charge < -0.3 is 15.4 Å². The fourth-order valence-corrected chi connectivity index (χ4v) is 1.12. The van der Waals surface area contributed by atoms with Crippen LogP contribution in [0.4, 0.5) is 0 Å². The van der Waals surface area contributed by atoms with Crippen molar-refractivity contribution >= 4 is 18.1 Å². The van der Waals surface area contributed by atoms with Crippen LogP contribution in [0, 0.1) is 5.92 Å².